The minimum atomic E-state index is -0.00938. The van der Waals surface area contributed by atoms with Crippen molar-refractivity contribution in [2.45, 2.75) is 0 Å². The molecule has 0 fully saturated rings. The maximum absolute atomic E-state index is 10.5. The van der Waals surface area contributed by atoms with Crippen LogP contribution in [-0.4, -0.2) is 22.2 Å². The fourth-order valence-electron chi connectivity index (χ4n) is 2.73. The van der Waals surface area contributed by atoms with Gasteiger partial charge >= 0.3 is 0 Å². The molecule has 0 aliphatic heterocycles. The molecule has 0 bridgehead atoms. The smallest absolute Gasteiger partial charge is 0.230 e. The van der Waals surface area contributed by atoms with Crippen molar-refractivity contribution in [3.63, 3.8) is 0 Å². The van der Waals surface area contributed by atoms with Crippen molar-refractivity contribution in [3.05, 3.63) is 71.2 Å². The van der Waals surface area contributed by atoms with Crippen LogP contribution in [0.25, 0.3) is 22.3 Å². The fraction of sp³-hybridized carbons (Fsp3) is 0.0476. The van der Waals surface area contributed by atoms with Gasteiger partial charge in [0.25, 0.3) is 0 Å². The highest BCUT2D eigenvalue weighted by Gasteiger charge is 2.16. The first-order valence-electron chi connectivity index (χ1n) is 8.22. The Bertz CT molecular complexity index is 1110. The minimum Gasteiger partial charge on any atom is -0.504 e. The number of benzene rings is 3. The predicted octanol–water partition coefficient (Wildman–Crippen LogP) is 5.57. The quantitative estimate of drug-likeness (QED) is 0.465. The molecule has 4 aromatic rings. The largest absolute Gasteiger partial charge is 0.504 e. The minimum absolute atomic E-state index is 0.00938. The van der Waals surface area contributed by atoms with Crippen molar-refractivity contribution in [2.24, 2.45) is 0 Å². The molecule has 0 unspecified atom stereocenters. The third-order valence-corrected chi connectivity index (χ3v) is 4.58. The third-order valence-electron chi connectivity index (χ3n) is 4.06. The van der Waals surface area contributed by atoms with Crippen LogP contribution in [0.4, 0.5) is 0 Å². The molecule has 0 aliphatic rings. The highest BCUT2D eigenvalue weighted by atomic mass is 79.9. The number of halogens is 1. The summed E-state index contributed by atoms with van der Waals surface area (Å²) in [5, 5.41) is 11.3. The van der Waals surface area contributed by atoms with Crippen LogP contribution in [0.1, 0.15) is 0 Å². The summed E-state index contributed by atoms with van der Waals surface area (Å²) in [6.45, 7) is 0. The van der Waals surface area contributed by atoms with Gasteiger partial charge in [-0.15, -0.1) is 0 Å². The molecule has 3 aromatic carbocycles. The van der Waals surface area contributed by atoms with E-state index in [2.05, 4.69) is 25.9 Å². The lowest BCUT2D eigenvalue weighted by Crippen LogP contribution is -1.97. The first-order valence-corrected chi connectivity index (χ1v) is 9.01. The van der Waals surface area contributed by atoms with Gasteiger partial charge in [0.2, 0.25) is 5.88 Å². The summed E-state index contributed by atoms with van der Waals surface area (Å²) >= 11 is 3.41. The summed E-state index contributed by atoms with van der Waals surface area (Å²) in [6.07, 6.45) is 0. The normalized spacial score (nSPS) is 10.7. The van der Waals surface area contributed by atoms with Gasteiger partial charge in [-0.2, -0.15) is 4.98 Å². The van der Waals surface area contributed by atoms with Crippen LogP contribution in [-0.2, 0) is 0 Å². The lowest BCUT2D eigenvalue weighted by Gasteiger charge is -2.12. The molecule has 5 nitrogen and oxygen atoms in total. The van der Waals surface area contributed by atoms with E-state index in [-0.39, 0.29) is 5.75 Å². The second-order valence-electron chi connectivity index (χ2n) is 5.78. The zero-order valence-electron chi connectivity index (χ0n) is 14.4. The van der Waals surface area contributed by atoms with Crippen molar-refractivity contribution in [3.8, 4) is 34.5 Å². The number of rotatable bonds is 4. The van der Waals surface area contributed by atoms with Gasteiger partial charge in [0, 0.05) is 4.47 Å². The number of phenols is 1. The number of fused-ring (bicyclic) bond motifs is 1. The van der Waals surface area contributed by atoms with Gasteiger partial charge in [0.15, 0.2) is 17.3 Å². The molecule has 0 saturated heterocycles. The molecule has 0 spiro atoms. The van der Waals surface area contributed by atoms with Gasteiger partial charge in [0.1, 0.15) is 5.75 Å². The zero-order valence-corrected chi connectivity index (χ0v) is 16.0. The second kappa shape index (κ2) is 7.25. The van der Waals surface area contributed by atoms with Crippen molar-refractivity contribution >= 4 is 26.8 Å². The summed E-state index contributed by atoms with van der Waals surface area (Å²) in [6, 6.07) is 20.3. The molecule has 6 heteroatoms. The Balaban J connectivity index is 1.87. The Labute approximate surface area is 164 Å². The molecule has 27 heavy (non-hydrogen) atoms. The van der Waals surface area contributed by atoms with Crippen LogP contribution >= 0.6 is 15.9 Å². The molecular formula is C21H15BrN2O3. The topological polar surface area (TPSA) is 64.5 Å². The van der Waals surface area contributed by atoms with E-state index in [4.69, 9.17) is 9.47 Å². The number of hydrogen-bond donors (Lipinski definition) is 1. The van der Waals surface area contributed by atoms with Crippen LogP contribution in [0.3, 0.4) is 0 Å². The predicted molar refractivity (Wildman–Crippen MR) is 107 cm³/mol. The lowest BCUT2D eigenvalue weighted by molar-refractivity contribution is 0.374. The zero-order chi connectivity index (χ0) is 18.8. The molecule has 134 valence electrons. The number of para-hydroxylation sites is 2. The van der Waals surface area contributed by atoms with Gasteiger partial charge < -0.3 is 14.6 Å². The van der Waals surface area contributed by atoms with E-state index in [0.29, 0.717) is 28.8 Å². The molecule has 0 atom stereocenters. The molecule has 0 amide bonds. The summed E-state index contributed by atoms with van der Waals surface area (Å²) in [4.78, 5) is 9.15. The number of aromatic hydroxyl groups is 1. The fourth-order valence-corrected chi connectivity index (χ4v) is 2.99. The van der Waals surface area contributed by atoms with Crippen molar-refractivity contribution in [1.82, 2.24) is 9.97 Å². The first kappa shape index (κ1) is 17.3. The summed E-state index contributed by atoms with van der Waals surface area (Å²) in [5.41, 5.74) is 1.19. The average molecular weight is 423 g/mol. The van der Waals surface area contributed by atoms with Gasteiger partial charge in [-0.25, -0.2) is 4.98 Å². The number of ether oxygens (including phenoxy) is 2. The molecule has 1 aromatic heterocycles. The van der Waals surface area contributed by atoms with Crippen molar-refractivity contribution in [2.75, 3.05) is 7.11 Å². The van der Waals surface area contributed by atoms with Crippen LogP contribution in [0.5, 0.6) is 23.1 Å². The highest BCUT2D eigenvalue weighted by molar-refractivity contribution is 9.10. The molecule has 0 saturated carbocycles. The Hall–Kier alpha value is -3.12. The van der Waals surface area contributed by atoms with E-state index in [0.717, 1.165) is 15.4 Å². The Morgan fingerprint density at radius 3 is 2.44 bits per heavy atom. The summed E-state index contributed by atoms with van der Waals surface area (Å²) in [5.74, 6) is 1.78. The van der Waals surface area contributed by atoms with E-state index in [9.17, 15) is 5.11 Å². The Kier molecular flexibility index (Phi) is 4.64. The Morgan fingerprint density at radius 1 is 0.889 bits per heavy atom. The number of methoxy groups -OCH3 is 1. The monoisotopic (exact) mass is 422 g/mol. The van der Waals surface area contributed by atoms with Crippen LogP contribution in [0.2, 0.25) is 0 Å². The van der Waals surface area contributed by atoms with E-state index in [1.807, 2.05) is 48.5 Å². The van der Waals surface area contributed by atoms with Crippen LogP contribution in [0.15, 0.2) is 71.2 Å². The van der Waals surface area contributed by atoms with Gasteiger partial charge in [-0.1, -0.05) is 34.1 Å². The maximum Gasteiger partial charge on any atom is 0.230 e. The number of phenolic OH excluding ortho intramolecular Hbond substituents is 1. The average Bonchev–Trinajstić information content (AvgIpc) is 2.70. The summed E-state index contributed by atoms with van der Waals surface area (Å²) < 4.78 is 12.2. The number of aromatic nitrogens is 2. The van der Waals surface area contributed by atoms with Gasteiger partial charge in [-0.05, 0) is 48.5 Å². The van der Waals surface area contributed by atoms with Crippen molar-refractivity contribution in [1.29, 1.82) is 0 Å². The maximum atomic E-state index is 10.5. The molecule has 0 radical (unpaired) electrons. The second-order valence-corrected chi connectivity index (χ2v) is 6.70. The molecule has 1 heterocycles. The standard InChI is InChI=1S/C21H15BrN2O3/c1-26-18-8-4-6-16(19(18)25)20-23-17-7-3-2-5-15(17)21(24-20)27-14-11-9-13(22)10-12-14/h2-12,25H,1H3. The van der Waals surface area contributed by atoms with E-state index in [1.165, 1.54) is 7.11 Å². The molecule has 1 N–H and O–H groups in total. The molecule has 4 rings (SSSR count). The first-order chi connectivity index (χ1) is 13.2. The van der Waals surface area contributed by atoms with Crippen molar-refractivity contribution < 1.29 is 14.6 Å². The van der Waals surface area contributed by atoms with Gasteiger partial charge in [0.05, 0.1) is 23.6 Å². The van der Waals surface area contributed by atoms with Crippen LogP contribution < -0.4 is 9.47 Å². The molecular weight excluding hydrogens is 408 g/mol. The number of nitrogens with zero attached hydrogens (tertiary/aromatic N) is 2. The third kappa shape index (κ3) is 3.44. The summed E-state index contributed by atoms with van der Waals surface area (Å²) in [7, 11) is 1.50. The molecule has 0 aliphatic carbocycles. The van der Waals surface area contributed by atoms with E-state index in [1.54, 1.807) is 18.2 Å². The number of hydrogen-bond acceptors (Lipinski definition) is 5. The lowest BCUT2D eigenvalue weighted by atomic mass is 10.1. The van der Waals surface area contributed by atoms with Gasteiger partial charge in [-0.3, -0.25) is 0 Å². The van der Waals surface area contributed by atoms with Crippen LogP contribution in [0, 0.1) is 0 Å². The van der Waals surface area contributed by atoms with E-state index < -0.39 is 0 Å². The Morgan fingerprint density at radius 2 is 1.67 bits per heavy atom. The van der Waals surface area contributed by atoms with E-state index >= 15 is 0 Å². The highest BCUT2D eigenvalue weighted by Crippen LogP contribution is 2.37. The SMILES string of the molecule is COc1cccc(-c2nc(Oc3ccc(Br)cc3)c3ccccc3n2)c1O.